The molecule has 7 heteroatoms. The van der Waals surface area contributed by atoms with E-state index in [1.807, 2.05) is 30.6 Å². The molecule has 2 heterocycles. The number of unbranched alkanes of at least 4 members (excludes halogenated alkanes) is 3. The van der Waals surface area contributed by atoms with Crippen LogP contribution in [0.2, 0.25) is 0 Å². The minimum atomic E-state index is -1.39. The average molecular weight is 342 g/mol. The summed E-state index contributed by atoms with van der Waals surface area (Å²) in [5, 5.41) is 38.3. The highest BCUT2D eigenvalue weighted by Crippen LogP contribution is 2.22. The third kappa shape index (κ3) is 5.47. The van der Waals surface area contributed by atoms with E-state index in [-0.39, 0.29) is 0 Å². The van der Waals surface area contributed by atoms with E-state index in [4.69, 9.17) is 14.6 Å². The Bertz CT molecular complexity index is 458. The summed E-state index contributed by atoms with van der Waals surface area (Å²) in [4.78, 5) is 0. The second-order valence-corrected chi connectivity index (χ2v) is 6.10. The molecule has 0 bridgehead atoms. The van der Waals surface area contributed by atoms with Crippen LogP contribution in [0, 0.1) is 0 Å². The van der Waals surface area contributed by atoms with Crippen molar-refractivity contribution in [3.63, 3.8) is 0 Å². The first-order valence-corrected chi connectivity index (χ1v) is 8.49. The van der Waals surface area contributed by atoms with Gasteiger partial charge in [-0.25, -0.2) is 4.57 Å². The monoisotopic (exact) mass is 342 g/mol. The molecule has 5 atom stereocenters. The second-order valence-electron chi connectivity index (χ2n) is 6.10. The van der Waals surface area contributed by atoms with Gasteiger partial charge in [-0.3, -0.25) is 0 Å². The van der Waals surface area contributed by atoms with Gasteiger partial charge in [0.15, 0.2) is 18.7 Å². The summed E-state index contributed by atoms with van der Waals surface area (Å²) >= 11 is 0. The van der Waals surface area contributed by atoms with Crippen molar-refractivity contribution in [2.45, 2.75) is 62.9 Å². The molecule has 24 heavy (non-hydrogen) atoms. The highest BCUT2D eigenvalue weighted by atomic mass is 16.7. The summed E-state index contributed by atoms with van der Waals surface area (Å²) in [6.07, 6.45) is 2.04. The van der Waals surface area contributed by atoms with E-state index >= 15 is 0 Å². The number of nitrogens with zero attached hydrogens (tertiary/aromatic N) is 1. The van der Waals surface area contributed by atoms with Crippen molar-refractivity contribution in [2.75, 3.05) is 13.2 Å². The number of rotatable bonds is 9. The lowest BCUT2D eigenvalue weighted by Crippen LogP contribution is -2.59. The molecule has 4 N–H and O–H groups in total. The van der Waals surface area contributed by atoms with E-state index in [2.05, 4.69) is 4.57 Å². The Balaban J connectivity index is 1.58. The third-order valence-corrected chi connectivity index (χ3v) is 4.22. The van der Waals surface area contributed by atoms with Crippen LogP contribution in [0.3, 0.4) is 0 Å². The molecule has 1 aliphatic heterocycles. The largest absolute Gasteiger partial charge is 0.394 e. The molecule has 0 aromatic carbocycles. The standard InChI is InChI=1S/C17H28NO6/c19-12-13-14(20)15(21)16(22)17(24-13)23-11-7-2-1-4-8-18-9-5-3-6-10-18/h3,5-6,9-10,13-17,19-22H,1-2,4,7-8,11-12H2/q+1/t13-,14-,15+,16-,17+/m1/s1. The quantitative estimate of drug-likeness (QED) is 0.351. The maximum atomic E-state index is 9.84. The molecule has 0 amide bonds. The van der Waals surface area contributed by atoms with E-state index in [0.717, 1.165) is 32.2 Å². The van der Waals surface area contributed by atoms with Crippen molar-refractivity contribution in [3.05, 3.63) is 30.6 Å². The summed E-state index contributed by atoms with van der Waals surface area (Å²) < 4.78 is 12.9. The molecule has 2 rings (SSSR count). The van der Waals surface area contributed by atoms with Gasteiger partial charge in [0.1, 0.15) is 31.0 Å². The fraction of sp³-hybridized carbons (Fsp3) is 0.706. The Hall–Kier alpha value is -1.09. The van der Waals surface area contributed by atoms with Gasteiger partial charge >= 0.3 is 0 Å². The Morgan fingerprint density at radius 3 is 2.29 bits per heavy atom. The number of aliphatic hydroxyl groups excluding tert-OH is 4. The van der Waals surface area contributed by atoms with Crippen molar-refractivity contribution >= 4 is 0 Å². The van der Waals surface area contributed by atoms with Gasteiger partial charge < -0.3 is 29.9 Å². The second kappa shape index (κ2) is 10.0. The van der Waals surface area contributed by atoms with Crippen LogP contribution in [0.25, 0.3) is 0 Å². The Morgan fingerprint density at radius 1 is 0.875 bits per heavy atom. The molecule has 136 valence electrons. The van der Waals surface area contributed by atoms with Crippen LogP contribution >= 0.6 is 0 Å². The van der Waals surface area contributed by atoms with Crippen molar-refractivity contribution < 1.29 is 34.5 Å². The van der Waals surface area contributed by atoms with E-state index in [1.54, 1.807) is 0 Å². The first kappa shape index (κ1) is 19.2. The van der Waals surface area contributed by atoms with Gasteiger partial charge in [0, 0.05) is 25.2 Å². The number of pyridine rings is 1. The maximum Gasteiger partial charge on any atom is 0.186 e. The van der Waals surface area contributed by atoms with Gasteiger partial charge in [-0.1, -0.05) is 12.5 Å². The van der Waals surface area contributed by atoms with Gasteiger partial charge in [-0.05, 0) is 12.8 Å². The van der Waals surface area contributed by atoms with Crippen LogP contribution in [-0.4, -0.2) is 64.3 Å². The van der Waals surface area contributed by atoms with Crippen molar-refractivity contribution in [2.24, 2.45) is 0 Å². The number of hydrogen-bond acceptors (Lipinski definition) is 6. The molecule has 1 aliphatic rings. The van der Waals surface area contributed by atoms with Gasteiger partial charge in [-0.15, -0.1) is 0 Å². The topological polar surface area (TPSA) is 103 Å². The zero-order valence-corrected chi connectivity index (χ0v) is 13.8. The van der Waals surface area contributed by atoms with Gasteiger partial charge in [0.05, 0.1) is 6.61 Å². The third-order valence-electron chi connectivity index (χ3n) is 4.22. The first-order valence-electron chi connectivity index (χ1n) is 8.49. The Labute approximate surface area is 142 Å². The molecule has 0 aliphatic carbocycles. The molecule has 1 fully saturated rings. The molecule has 7 nitrogen and oxygen atoms in total. The van der Waals surface area contributed by atoms with Crippen LogP contribution in [0.4, 0.5) is 0 Å². The number of aliphatic hydroxyl groups is 4. The lowest BCUT2D eigenvalue weighted by molar-refractivity contribution is -0.697. The van der Waals surface area contributed by atoms with E-state index in [0.29, 0.717) is 6.61 Å². The molecular weight excluding hydrogens is 314 g/mol. The Kier molecular flexibility index (Phi) is 8.04. The summed E-state index contributed by atoms with van der Waals surface area (Å²) in [6.45, 7) is 0.928. The minimum absolute atomic E-state index is 0.390. The van der Waals surface area contributed by atoms with Crippen LogP contribution in [0.5, 0.6) is 0 Å². The molecule has 1 saturated heterocycles. The van der Waals surface area contributed by atoms with E-state index in [9.17, 15) is 15.3 Å². The van der Waals surface area contributed by atoms with Crippen LogP contribution in [0.15, 0.2) is 30.6 Å². The van der Waals surface area contributed by atoms with Crippen LogP contribution < -0.4 is 4.57 Å². The highest BCUT2D eigenvalue weighted by molar-refractivity contribution is 4.88. The van der Waals surface area contributed by atoms with Crippen LogP contribution in [0.1, 0.15) is 25.7 Å². The highest BCUT2D eigenvalue weighted by Gasteiger charge is 2.43. The molecule has 0 unspecified atom stereocenters. The lowest BCUT2D eigenvalue weighted by Gasteiger charge is -2.39. The molecule has 1 aromatic rings. The summed E-state index contributed by atoms with van der Waals surface area (Å²) in [5.41, 5.74) is 0. The number of ether oxygens (including phenoxy) is 2. The van der Waals surface area contributed by atoms with Crippen LogP contribution in [-0.2, 0) is 16.0 Å². The first-order chi connectivity index (χ1) is 11.6. The van der Waals surface area contributed by atoms with Gasteiger partial charge in [0.2, 0.25) is 0 Å². The fourth-order valence-corrected chi connectivity index (χ4v) is 2.74. The molecule has 0 radical (unpaired) electrons. The number of aryl methyl sites for hydroxylation is 1. The van der Waals surface area contributed by atoms with E-state index < -0.39 is 37.3 Å². The van der Waals surface area contributed by atoms with Crippen molar-refractivity contribution in [1.29, 1.82) is 0 Å². The zero-order chi connectivity index (χ0) is 17.4. The number of hydrogen-bond donors (Lipinski definition) is 4. The van der Waals surface area contributed by atoms with Crippen molar-refractivity contribution in [1.82, 2.24) is 0 Å². The zero-order valence-electron chi connectivity index (χ0n) is 13.8. The minimum Gasteiger partial charge on any atom is -0.394 e. The normalized spacial score (nSPS) is 30.4. The average Bonchev–Trinajstić information content (AvgIpc) is 2.61. The van der Waals surface area contributed by atoms with Gasteiger partial charge in [0.25, 0.3) is 0 Å². The summed E-state index contributed by atoms with van der Waals surface area (Å²) in [7, 11) is 0. The Morgan fingerprint density at radius 2 is 1.58 bits per heavy atom. The predicted octanol–water partition coefficient (Wildman–Crippen LogP) is -0.649. The maximum absolute atomic E-state index is 9.84. The summed E-state index contributed by atoms with van der Waals surface area (Å²) in [5.74, 6) is 0. The molecule has 0 saturated carbocycles. The lowest BCUT2D eigenvalue weighted by atomic mass is 9.99. The SMILES string of the molecule is OC[C@H]1O[C@H](OCCCCCC[n+]2ccccc2)[C@H](O)[C@@H](O)[C@@H]1O. The van der Waals surface area contributed by atoms with Crippen molar-refractivity contribution in [3.8, 4) is 0 Å². The fourth-order valence-electron chi connectivity index (χ4n) is 2.74. The van der Waals surface area contributed by atoms with Gasteiger partial charge in [-0.2, -0.15) is 0 Å². The summed E-state index contributed by atoms with van der Waals surface area (Å²) in [6, 6.07) is 6.01. The number of aromatic nitrogens is 1. The molecule has 0 spiro atoms. The molecular formula is C17H28NO6+. The molecule has 1 aromatic heterocycles. The predicted molar refractivity (Wildman–Crippen MR) is 84.8 cm³/mol. The van der Waals surface area contributed by atoms with E-state index in [1.165, 1.54) is 0 Å². The smallest absolute Gasteiger partial charge is 0.186 e.